The van der Waals surface area contributed by atoms with Crippen LogP contribution in [0.15, 0.2) is 41.5 Å². The molecule has 4 aliphatic carbocycles. The molecule has 3 N–H and O–H groups in total. The number of hydrogen-bond acceptors (Lipinski definition) is 10. The van der Waals surface area contributed by atoms with Crippen LogP contribution in [-0.4, -0.2) is 74.9 Å². The number of carbonyl (C=O) groups excluding carboxylic acids is 3. The van der Waals surface area contributed by atoms with Crippen molar-refractivity contribution in [2.75, 3.05) is 0 Å². The standard InChI is InChI=1S/C32H43O10P/c1-16-21(35)15-32(38)27(40-28(37)19-10-8-7-9-11-19)25-30(6,26(36)24(39-17(2)33)23(16)29(32,4)5)22(42-43)14-20-12-13-31(20,25)41-18(3)34/h7-11,20-22,24-27,35-36,38H,12-15,43H2,1-6H3/t20-,21+,22+,24-,25?,26+,27+,30-,31+,32-/m1/s1. The highest BCUT2D eigenvalue weighted by Gasteiger charge is 2.77. The Hall–Kier alpha value is -2.36. The van der Waals surface area contributed by atoms with E-state index in [1.54, 1.807) is 58.0 Å². The molecule has 11 atom stereocenters. The smallest absolute Gasteiger partial charge is 0.338 e. The Morgan fingerprint density at radius 1 is 1.00 bits per heavy atom. The van der Waals surface area contributed by atoms with E-state index in [1.165, 1.54) is 13.8 Å². The lowest BCUT2D eigenvalue weighted by Gasteiger charge is -2.70. The van der Waals surface area contributed by atoms with E-state index in [9.17, 15) is 29.7 Å². The summed E-state index contributed by atoms with van der Waals surface area (Å²) in [5.41, 5.74) is -4.86. The van der Waals surface area contributed by atoms with E-state index in [0.29, 0.717) is 30.4 Å². The third-order valence-electron chi connectivity index (χ3n) is 11.2. The van der Waals surface area contributed by atoms with Gasteiger partial charge in [-0.1, -0.05) is 39.0 Å². The molecule has 0 amide bonds. The van der Waals surface area contributed by atoms with E-state index in [1.807, 2.05) is 0 Å². The average molecular weight is 619 g/mol. The molecule has 4 aliphatic rings. The minimum atomic E-state index is -1.97. The maximum absolute atomic E-state index is 13.8. The van der Waals surface area contributed by atoms with Crippen LogP contribution in [0.5, 0.6) is 0 Å². The zero-order chi connectivity index (χ0) is 31.7. The highest BCUT2D eigenvalue weighted by atomic mass is 31.0. The van der Waals surface area contributed by atoms with Gasteiger partial charge in [0.15, 0.2) is 6.10 Å². The van der Waals surface area contributed by atoms with Gasteiger partial charge in [0.25, 0.3) is 0 Å². The van der Waals surface area contributed by atoms with E-state index in [-0.39, 0.29) is 17.9 Å². The molecule has 0 spiro atoms. The molecule has 0 aromatic heterocycles. The van der Waals surface area contributed by atoms with Crippen LogP contribution in [0.2, 0.25) is 0 Å². The summed E-state index contributed by atoms with van der Waals surface area (Å²) in [6.45, 7) is 9.44. The first-order valence-electron chi connectivity index (χ1n) is 14.8. The summed E-state index contributed by atoms with van der Waals surface area (Å²) in [6, 6.07) is 8.35. The van der Waals surface area contributed by atoms with E-state index in [4.69, 9.17) is 18.7 Å². The number of hydrogen-bond donors (Lipinski definition) is 3. The van der Waals surface area contributed by atoms with Crippen molar-refractivity contribution in [1.82, 2.24) is 0 Å². The number of aliphatic hydroxyl groups is 3. The number of benzene rings is 1. The van der Waals surface area contributed by atoms with Gasteiger partial charge >= 0.3 is 17.9 Å². The molecule has 0 heterocycles. The zero-order valence-electron chi connectivity index (χ0n) is 25.5. The summed E-state index contributed by atoms with van der Waals surface area (Å²) < 4.78 is 24.4. The van der Waals surface area contributed by atoms with Crippen LogP contribution in [0.25, 0.3) is 0 Å². The molecule has 0 radical (unpaired) electrons. The van der Waals surface area contributed by atoms with Gasteiger partial charge in [-0.2, -0.15) is 0 Å². The summed E-state index contributed by atoms with van der Waals surface area (Å²) in [5, 5.41) is 36.9. The van der Waals surface area contributed by atoms with Crippen LogP contribution in [0.3, 0.4) is 0 Å². The molecule has 43 heavy (non-hydrogen) atoms. The molecular formula is C32H43O10P. The first-order valence-corrected chi connectivity index (χ1v) is 15.3. The molecule has 10 nitrogen and oxygen atoms in total. The van der Waals surface area contributed by atoms with Crippen LogP contribution >= 0.6 is 9.47 Å². The van der Waals surface area contributed by atoms with Gasteiger partial charge in [-0.3, -0.25) is 9.59 Å². The third kappa shape index (κ3) is 4.59. The van der Waals surface area contributed by atoms with Crippen molar-refractivity contribution in [2.45, 2.75) is 109 Å². The number of carbonyl (C=O) groups is 3. The summed E-state index contributed by atoms with van der Waals surface area (Å²) in [5.74, 6) is -3.18. The Bertz CT molecular complexity index is 1330. The van der Waals surface area contributed by atoms with Gasteiger partial charge in [0.2, 0.25) is 0 Å². The first kappa shape index (κ1) is 32.0. The maximum Gasteiger partial charge on any atom is 0.338 e. The highest BCUT2D eigenvalue weighted by molar-refractivity contribution is 7.09. The summed E-state index contributed by atoms with van der Waals surface area (Å²) in [6.07, 6.45) is -4.80. The van der Waals surface area contributed by atoms with Crippen molar-refractivity contribution in [1.29, 1.82) is 0 Å². The number of rotatable bonds is 5. The Labute approximate surface area is 254 Å². The third-order valence-corrected chi connectivity index (χ3v) is 11.5. The average Bonchev–Trinajstić information content (AvgIpc) is 2.92. The summed E-state index contributed by atoms with van der Waals surface area (Å²) >= 11 is 0. The van der Waals surface area contributed by atoms with E-state index >= 15 is 0 Å². The largest absolute Gasteiger partial charge is 0.458 e. The highest BCUT2D eigenvalue weighted by Crippen LogP contribution is 2.68. The number of esters is 3. The Kier molecular flexibility index (Phi) is 8.13. The van der Waals surface area contributed by atoms with Crippen molar-refractivity contribution < 1.29 is 48.4 Å². The van der Waals surface area contributed by atoms with Crippen molar-refractivity contribution in [3.05, 3.63) is 47.0 Å². The lowest BCUT2D eigenvalue weighted by molar-refractivity contribution is -0.319. The molecule has 0 saturated heterocycles. The number of ether oxygens (including phenoxy) is 3. The van der Waals surface area contributed by atoms with Gasteiger partial charge < -0.3 is 34.1 Å². The molecule has 236 valence electrons. The monoisotopic (exact) mass is 618 g/mol. The molecule has 2 bridgehead atoms. The Balaban J connectivity index is 1.85. The van der Waals surface area contributed by atoms with Crippen LogP contribution in [0, 0.1) is 22.7 Å². The second kappa shape index (κ2) is 10.9. The number of fused-ring (bicyclic) bond motifs is 5. The molecule has 1 aromatic carbocycles. The van der Waals surface area contributed by atoms with Gasteiger partial charge in [0.05, 0.1) is 17.8 Å². The molecule has 1 aromatic rings. The molecular weight excluding hydrogens is 575 g/mol. The molecule has 5 rings (SSSR count). The quantitative estimate of drug-likeness (QED) is 0.194. The molecule has 3 fully saturated rings. The summed E-state index contributed by atoms with van der Waals surface area (Å²) in [7, 11) is 2.25. The van der Waals surface area contributed by atoms with Crippen LogP contribution in [-0.2, 0) is 28.3 Å². The maximum atomic E-state index is 13.8. The minimum absolute atomic E-state index is 0.218. The number of aliphatic hydroxyl groups excluding tert-OH is 2. The van der Waals surface area contributed by atoms with Gasteiger partial charge in [-0.05, 0) is 49.5 Å². The fourth-order valence-corrected chi connectivity index (χ4v) is 9.27. The molecule has 0 aliphatic heterocycles. The Morgan fingerprint density at radius 2 is 1.65 bits per heavy atom. The second-order valence-corrected chi connectivity index (χ2v) is 13.8. The SMILES string of the molecule is CC(=O)O[C@@H]1C2=C(C)[C@@H](O)C[C@@](O)([C@@H](OC(=O)c3ccccc3)C3[C@@](C)([C@@H](OP)C[C@H]4CC[C@@]34OC(C)=O)[C@H]1O)C2(C)C. The van der Waals surface area contributed by atoms with Crippen molar-refractivity contribution in [3.63, 3.8) is 0 Å². The lowest BCUT2D eigenvalue weighted by Crippen LogP contribution is -2.79. The predicted octanol–water partition coefficient (Wildman–Crippen LogP) is 3.27. The van der Waals surface area contributed by atoms with Crippen LogP contribution < -0.4 is 0 Å². The first-order chi connectivity index (χ1) is 20.1. The van der Waals surface area contributed by atoms with Gasteiger partial charge in [-0.15, -0.1) is 0 Å². The van der Waals surface area contributed by atoms with Gasteiger partial charge in [0.1, 0.15) is 23.4 Å². The second-order valence-electron chi connectivity index (χ2n) is 13.5. The lowest BCUT2D eigenvalue weighted by atomic mass is 9.40. The fraction of sp³-hybridized carbons (Fsp3) is 0.656. The van der Waals surface area contributed by atoms with Crippen molar-refractivity contribution in [3.8, 4) is 0 Å². The molecule has 2 unspecified atom stereocenters. The van der Waals surface area contributed by atoms with Gasteiger partial charge in [0, 0.05) is 52.4 Å². The topological polar surface area (TPSA) is 149 Å². The van der Waals surface area contributed by atoms with Gasteiger partial charge in [-0.25, -0.2) is 4.79 Å². The van der Waals surface area contributed by atoms with E-state index in [0.717, 1.165) is 0 Å². The van der Waals surface area contributed by atoms with E-state index in [2.05, 4.69) is 9.47 Å². The predicted molar refractivity (Wildman–Crippen MR) is 157 cm³/mol. The molecule has 11 heteroatoms. The van der Waals surface area contributed by atoms with Crippen molar-refractivity contribution in [2.24, 2.45) is 22.7 Å². The van der Waals surface area contributed by atoms with Crippen LogP contribution in [0.4, 0.5) is 0 Å². The minimum Gasteiger partial charge on any atom is -0.458 e. The fourth-order valence-electron chi connectivity index (χ4n) is 8.87. The zero-order valence-corrected chi connectivity index (χ0v) is 26.7. The van der Waals surface area contributed by atoms with Crippen LogP contribution in [0.1, 0.15) is 77.6 Å². The normalized spacial score (nSPS) is 41.4. The molecule has 3 saturated carbocycles. The summed E-state index contributed by atoms with van der Waals surface area (Å²) in [4.78, 5) is 39.1. The van der Waals surface area contributed by atoms with Crippen molar-refractivity contribution >= 4 is 27.4 Å². The Morgan fingerprint density at radius 3 is 2.19 bits per heavy atom. The van der Waals surface area contributed by atoms with E-state index < -0.39 is 76.4 Å².